The number of phenols is 1. The van der Waals surface area contributed by atoms with Gasteiger partial charge in [0.2, 0.25) is 11.8 Å². The van der Waals surface area contributed by atoms with Crippen LogP contribution in [0.4, 0.5) is 23.8 Å². The number of hydrogen-bond acceptors (Lipinski definition) is 9. The number of aromatic hydroxyl groups is 1. The number of nitrogens with one attached hydrogen (secondary N) is 1. The summed E-state index contributed by atoms with van der Waals surface area (Å²) < 4.78 is 46.1. The molecule has 4 aliphatic rings. The van der Waals surface area contributed by atoms with Crippen LogP contribution in [0, 0.1) is 23.7 Å². The Hall–Kier alpha value is -4.67. The maximum atomic E-state index is 15.2. The lowest BCUT2D eigenvalue weighted by Gasteiger charge is -2.50. The fraction of sp³-hybridized carbons (Fsp3) is 0.294. The van der Waals surface area contributed by atoms with Gasteiger partial charge in [0.1, 0.15) is 0 Å². The lowest BCUT2D eigenvalue weighted by molar-refractivity contribution is -0.140. The second-order valence-electron chi connectivity index (χ2n) is 12.8. The van der Waals surface area contributed by atoms with Crippen LogP contribution in [0.5, 0.6) is 11.5 Å². The molecular weight excluding hydrogens is 798 g/mol. The minimum absolute atomic E-state index is 0.00287. The van der Waals surface area contributed by atoms with Gasteiger partial charge < -0.3 is 15.6 Å². The fourth-order valence-corrected chi connectivity index (χ4v) is 9.10. The maximum absolute atomic E-state index is 15.2. The molecule has 6 unspecified atom stereocenters. The van der Waals surface area contributed by atoms with E-state index < -0.39 is 93.0 Å². The molecule has 1 saturated carbocycles. The lowest BCUT2D eigenvalue weighted by Crippen LogP contribution is -2.53. The second kappa shape index (κ2) is 12.5. The van der Waals surface area contributed by atoms with Gasteiger partial charge in [-0.3, -0.25) is 24.6 Å². The highest BCUT2D eigenvalue weighted by Crippen LogP contribution is 2.65. The number of hydrazine groups is 1. The van der Waals surface area contributed by atoms with Gasteiger partial charge in [0.05, 0.1) is 40.9 Å². The summed E-state index contributed by atoms with van der Waals surface area (Å²) in [6.45, 7) is 0. The number of ether oxygens (including phenoxy) is 1. The third-order valence-electron chi connectivity index (χ3n) is 10.4. The summed E-state index contributed by atoms with van der Waals surface area (Å²) in [4.78, 5) is 73.4. The first kappa shape index (κ1) is 35.7. The Balaban J connectivity index is 1.48. The van der Waals surface area contributed by atoms with Crippen molar-refractivity contribution in [1.82, 2.24) is 14.9 Å². The van der Waals surface area contributed by atoms with Crippen molar-refractivity contribution in [2.45, 2.75) is 30.4 Å². The topological polar surface area (TPSA) is 172 Å². The molecule has 18 heteroatoms. The Labute approximate surface area is 310 Å². The van der Waals surface area contributed by atoms with Crippen molar-refractivity contribution < 1.29 is 47.0 Å². The number of fused-ring (bicyclic) bond motifs is 4. The summed E-state index contributed by atoms with van der Waals surface area (Å²) in [7, 11) is 1.31. The number of rotatable bonds is 5. The highest BCUT2D eigenvalue weighted by Gasteiger charge is 2.71. The van der Waals surface area contributed by atoms with Crippen LogP contribution in [0.2, 0.25) is 10.0 Å². The van der Waals surface area contributed by atoms with E-state index in [1.54, 1.807) is 6.08 Å². The van der Waals surface area contributed by atoms with E-state index in [4.69, 9.17) is 33.7 Å². The smallest absolute Gasteiger partial charge is 0.417 e. The van der Waals surface area contributed by atoms with Gasteiger partial charge >= 0.3 is 12.2 Å². The SMILES string of the molecule is COc1cc(Br)cc(C2C3=CCC4C(=O)N(C(N)=O)C(=O)C4C3CC3C(=O)N(Nc4ncc(C(F)(F)F)cc4Cl)C(=O)C32c2ccc(Cl)cc2)c1O. The summed E-state index contributed by atoms with van der Waals surface area (Å²) in [5.41, 5.74) is 5.68. The highest BCUT2D eigenvalue weighted by molar-refractivity contribution is 9.10. The van der Waals surface area contributed by atoms with Crippen LogP contribution in [-0.2, 0) is 30.8 Å². The highest BCUT2D eigenvalue weighted by atomic mass is 79.9. The Morgan fingerprint density at radius 2 is 1.77 bits per heavy atom. The van der Waals surface area contributed by atoms with Crippen LogP contribution in [0.25, 0.3) is 0 Å². The number of alkyl halides is 3. The molecule has 12 nitrogen and oxygen atoms in total. The predicted molar refractivity (Wildman–Crippen MR) is 181 cm³/mol. The number of allylic oxidation sites excluding steroid dienone is 2. The van der Waals surface area contributed by atoms with Crippen LogP contribution in [0.3, 0.4) is 0 Å². The molecule has 52 heavy (non-hydrogen) atoms. The van der Waals surface area contributed by atoms with Gasteiger partial charge in [-0.25, -0.2) is 9.78 Å². The maximum Gasteiger partial charge on any atom is 0.417 e. The second-order valence-corrected chi connectivity index (χ2v) is 14.6. The summed E-state index contributed by atoms with van der Waals surface area (Å²) in [6, 6.07) is 8.43. The molecule has 6 atom stereocenters. The number of urea groups is 1. The Kier molecular flexibility index (Phi) is 8.57. The number of nitrogens with two attached hydrogens (primary N) is 1. The van der Waals surface area contributed by atoms with E-state index in [-0.39, 0.29) is 29.7 Å². The molecule has 6 amide bonds. The molecular formula is C34H25BrCl2F3N5O7. The van der Waals surface area contributed by atoms with E-state index in [1.165, 1.54) is 43.5 Å². The van der Waals surface area contributed by atoms with E-state index in [1.807, 2.05) is 0 Å². The first-order valence-electron chi connectivity index (χ1n) is 15.6. The van der Waals surface area contributed by atoms with Crippen LogP contribution >= 0.6 is 39.1 Å². The summed E-state index contributed by atoms with van der Waals surface area (Å²) in [5.74, 6) is -9.90. The zero-order chi connectivity index (χ0) is 37.6. The number of likely N-dealkylation sites (tertiary alicyclic amines) is 1. The largest absolute Gasteiger partial charge is 0.504 e. The number of hydrogen-bond donors (Lipinski definition) is 3. The number of aromatic nitrogens is 1. The summed E-state index contributed by atoms with van der Waals surface area (Å²) in [5, 5.41) is 12.1. The van der Waals surface area contributed by atoms with Crippen molar-refractivity contribution in [2.24, 2.45) is 29.4 Å². The average molecular weight is 823 g/mol. The third kappa shape index (κ3) is 5.16. The molecule has 2 aliphatic carbocycles. The van der Waals surface area contributed by atoms with E-state index in [0.717, 1.165) is 0 Å². The van der Waals surface area contributed by atoms with Gasteiger partial charge in [0, 0.05) is 27.2 Å². The van der Waals surface area contributed by atoms with Crippen molar-refractivity contribution in [2.75, 3.05) is 12.5 Å². The fourth-order valence-electron chi connectivity index (χ4n) is 8.31. The molecule has 7 rings (SSSR count). The minimum atomic E-state index is -4.78. The molecule has 3 fully saturated rings. The van der Waals surface area contributed by atoms with Gasteiger partial charge in [-0.1, -0.05) is 62.9 Å². The number of anilines is 1. The molecule has 0 bridgehead atoms. The Morgan fingerprint density at radius 1 is 1.08 bits per heavy atom. The summed E-state index contributed by atoms with van der Waals surface area (Å²) >= 11 is 15.9. The van der Waals surface area contributed by atoms with E-state index in [0.29, 0.717) is 37.2 Å². The van der Waals surface area contributed by atoms with Crippen molar-refractivity contribution in [1.29, 1.82) is 0 Å². The first-order chi connectivity index (χ1) is 24.5. The van der Waals surface area contributed by atoms with E-state index in [2.05, 4.69) is 26.3 Å². The van der Waals surface area contributed by atoms with Gasteiger partial charge in [0.25, 0.3) is 11.8 Å². The molecule has 0 spiro atoms. The number of halogens is 6. The Bertz CT molecular complexity index is 2130. The number of nitrogens with zero attached hydrogens (tertiary/aromatic N) is 3. The van der Waals surface area contributed by atoms with Crippen molar-refractivity contribution in [3.63, 3.8) is 0 Å². The molecule has 1 aromatic heterocycles. The number of methoxy groups -OCH3 is 1. The third-order valence-corrected chi connectivity index (χ3v) is 11.4. The number of benzene rings is 2. The molecule has 270 valence electrons. The number of carbonyl (C=O) groups is 5. The normalized spacial score (nSPS) is 26.9. The first-order valence-corrected chi connectivity index (χ1v) is 17.1. The monoisotopic (exact) mass is 821 g/mol. The van der Waals surface area contributed by atoms with Gasteiger partial charge in [-0.2, -0.15) is 23.1 Å². The van der Waals surface area contributed by atoms with Gasteiger partial charge in [0.15, 0.2) is 17.3 Å². The predicted octanol–water partition coefficient (Wildman–Crippen LogP) is 5.95. The number of amides is 6. The summed E-state index contributed by atoms with van der Waals surface area (Å²) in [6.07, 6.45) is -2.87. The number of primary amides is 1. The minimum Gasteiger partial charge on any atom is -0.504 e. The van der Waals surface area contributed by atoms with Crippen molar-refractivity contribution in [3.05, 3.63) is 91.5 Å². The molecule has 2 aliphatic heterocycles. The average Bonchev–Trinajstić information content (AvgIpc) is 3.47. The number of phenolic OH excluding ortho intramolecular Hbond substituents is 1. The van der Waals surface area contributed by atoms with E-state index in [9.17, 15) is 37.5 Å². The standard InChI is InChI=1S/C34H25BrCl2F3N5O7/c1-52-23-10-15(35)9-20(26(23)46)25-17-6-7-18-24(30(49)44(28(18)47)32(41)51)19(17)11-21-29(48)45(31(50)33(21,25)13-2-4-16(36)5-3-13)43-27-22(37)8-14(12-42-27)34(38,39)40/h2-6,8-10,12,18-19,21,24-25,46H,7,11H2,1H3,(H2,41,51)(H,42,43). The van der Waals surface area contributed by atoms with Crippen molar-refractivity contribution in [3.8, 4) is 11.5 Å². The van der Waals surface area contributed by atoms with Crippen molar-refractivity contribution >= 4 is 74.6 Å². The van der Waals surface area contributed by atoms with Gasteiger partial charge in [-0.05, 0) is 54.7 Å². The molecule has 3 aromatic rings. The molecule has 4 N–H and O–H groups in total. The number of pyridine rings is 1. The molecule has 2 aromatic carbocycles. The van der Waals surface area contributed by atoms with E-state index >= 15 is 4.79 Å². The molecule has 3 heterocycles. The van der Waals surface area contributed by atoms with Gasteiger partial charge in [-0.15, -0.1) is 0 Å². The van der Waals surface area contributed by atoms with Crippen LogP contribution in [0.1, 0.15) is 35.4 Å². The molecule has 2 saturated heterocycles. The van der Waals surface area contributed by atoms with Crippen LogP contribution < -0.4 is 15.9 Å². The number of imide groups is 4. The van der Waals surface area contributed by atoms with Crippen LogP contribution in [-0.4, -0.2) is 56.8 Å². The zero-order valence-electron chi connectivity index (χ0n) is 26.6. The zero-order valence-corrected chi connectivity index (χ0v) is 29.7. The number of carbonyl (C=O) groups excluding carboxylic acids is 5. The van der Waals surface area contributed by atoms with Crippen LogP contribution in [0.15, 0.2) is 64.8 Å². The quantitative estimate of drug-likeness (QED) is 0.208. The molecule has 0 radical (unpaired) electrons. The Morgan fingerprint density at radius 3 is 2.38 bits per heavy atom. The lowest BCUT2D eigenvalue weighted by atomic mass is 9.49.